The Bertz CT molecular complexity index is 618. The first-order chi connectivity index (χ1) is 9.81. The number of oxazole rings is 1. The minimum atomic E-state index is -4.38. The number of aromatic nitrogens is 1. The number of halogens is 3. The van der Waals surface area contributed by atoms with Crippen LogP contribution in [0.2, 0.25) is 0 Å². The zero-order chi connectivity index (χ0) is 15.6. The monoisotopic (exact) mass is 316 g/mol. The van der Waals surface area contributed by atoms with Gasteiger partial charge >= 0.3 is 6.18 Å². The van der Waals surface area contributed by atoms with E-state index >= 15 is 0 Å². The molecule has 0 aliphatic rings. The molecule has 0 spiro atoms. The summed E-state index contributed by atoms with van der Waals surface area (Å²) >= 11 is 1.08. The first-order valence-corrected chi connectivity index (χ1v) is 7.09. The Labute approximate surface area is 124 Å². The van der Waals surface area contributed by atoms with Crippen molar-refractivity contribution in [3.63, 3.8) is 0 Å². The Morgan fingerprint density at radius 1 is 1.29 bits per heavy atom. The van der Waals surface area contributed by atoms with Crippen LogP contribution in [0.1, 0.15) is 22.6 Å². The molecule has 0 radical (unpaired) electrons. The molecule has 3 nitrogen and oxygen atoms in total. The fourth-order valence-corrected chi connectivity index (χ4v) is 2.68. The molecular formula is C14H15F3N2OS. The Kier molecular flexibility index (Phi) is 4.63. The second kappa shape index (κ2) is 6.11. The molecule has 0 aliphatic heterocycles. The van der Waals surface area contributed by atoms with Crippen molar-refractivity contribution in [2.75, 3.05) is 7.05 Å². The van der Waals surface area contributed by atoms with E-state index in [4.69, 9.17) is 4.42 Å². The smallest absolute Gasteiger partial charge is 0.416 e. The van der Waals surface area contributed by atoms with Crippen molar-refractivity contribution in [2.45, 2.75) is 36.7 Å². The Morgan fingerprint density at radius 2 is 2.00 bits per heavy atom. The predicted octanol–water partition coefficient (Wildman–Crippen LogP) is 4.18. The number of benzene rings is 1. The average Bonchev–Trinajstić information content (AvgIpc) is 2.69. The van der Waals surface area contributed by atoms with Gasteiger partial charge in [0.1, 0.15) is 5.76 Å². The van der Waals surface area contributed by atoms with E-state index in [0.717, 1.165) is 23.5 Å². The molecule has 1 aromatic heterocycles. The second-order valence-corrected chi connectivity index (χ2v) is 5.60. The summed E-state index contributed by atoms with van der Waals surface area (Å²) in [5.41, 5.74) is 0.316. The average molecular weight is 316 g/mol. The summed E-state index contributed by atoms with van der Waals surface area (Å²) in [5, 5.41) is 3.09. The van der Waals surface area contributed by atoms with Gasteiger partial charge in [-0.05, 0) is 50.4 Å². The van der Waals surface area contributed by atoms with E-state index in [-0.39, 0.29) is 12.1 Å². The van der Waals surface area contributed by atoms with Gasteiger partial charge in [-0.3, -0.25) is 0 Å². The molecule has 7 heteroatoms. The molecule has 0 saturated heterocycles. The summed E-state index contributed by atoms with van der Waals surface area (Å²) in [6, 6.07) is 4.25. The summed E-state index contributed by atoms with van der Waals surface area (Å²) < 4.78 is 44.6. The highest BCUT2D eigenvalue weighted by atomic mass is 32.2. The van der Waals surface area contributed by atoms with Crippen LogP contribution in [0.5, 0.6) is 0 Å². The van der Waals surface area contributed by atoms with E-state index < -0.39 is 11.7 Å². The van der Waals surface area contributed by atoms with E-state index in [1.165, 1.54) is 6.07 Å². The van der Waals surface area contributed by atoms with Crippen LogP contribution >= 0.6 is 11.8 Å². The van der Waals surface area contributed by atoms with Crippen molar-refractivity contribution in [2.24, 2.45) is 0 Å². The third-order valence-electron chi connectivity index (χ3n) is 2.97. The van der Waals surface area contributed by atoms with Crippen molar-refractivity contribution in [1.29, 1.82) is 0 Å². The number of aryl methyl sites for hydroxylation is 2. The van der Waals surface area contributed by atoms with Crippen molar-refractivity contribution < 1.29 is 17.6 Å². The number of hydrogen-bond donors (Lipinski definition) is 1. The molecule has 0 aliphatic carbocycles. The molecule has 0 amide bonds. The largest absolute Gasteiger partial charge is 0.436 e. The lowest BCUT2D eigenvalue weighted by Gasteiger charge is -2.13. The summed E-state index contributed by atoms with van der Waals surface area (Å²) in [5.74, 6) is 0.667. The molecule has 1 aromatic carbocycles. The minimum Gasteiger partial charge on any atom is -0.436 e. The van der Waals surface area contributed by atoms with Gasteiger partial charge in [0.25, 0.3) is 5.22 Å². The molecular weight excluding hydrogens is 301 g/mol. The van der Waals surface area contributed by atoms with E-state index in [2.05, 4.69) is 10.3 Å². The fourth-order valence-electron chi connectivity index (χ4n) is 1.82. The van der Waals surface area contributed by atoms with Gasteiger partial charge in [-0.15, -0.1) is 0 Å². The SMILES string of the molecule is CNCc1ccc(Sc2nc(C)c(C)o2)cc1C(F)(F)F. The number of nitrogens with zero attached hydrogens (tertiary/aromatic N) is 1. The fraction of sp³-hybridized carbons (Fsp3) is 0.357. The van der Waals surface area contributed by atoms with E-state index in [1.54, 1.807) is 27.0 Å². The van der Waals surface area contributed by atoms with Gasteiger partial charge in [-0.2, -0.15) is 13.2 Å². The molecule has 1 N–H and O–H groups in total. The number of alkyl halides is 3. The summed E-state index contributed by atoms with van der Waals surface area (Å²) in [4.78, 5) is 4.61. The van der Waals surface area contributed by atoms with Crippen molar-refractivity contribution in [1.82, 2.24) is 10.3 Å². The van der Waals surface area contributed by atoms with Crippen molar-refractivity contribution >= 4 is 11.8 Å². The molecule has 2 aromatic rings. The number of rotatable bonds is 4. The third-order valence-corrected chi connectivity index (χ3v) is 3.81. The van der Waals surface area contributed by atoms with Crippen LogP contribution in [-0.2, 0) is 12.7 Å². The molecule has 1 heterocycles. The first kappa shape index (κ1) is 15.9. The van der Waals surface area contributed by atoms with E-state index in [0.29, 0.717) is 15.9 Å². The Morgan fingerprint density at radius 3 is 2.52 bits per heavy atom. The highest BCUT2D eigenvalue weighted by Gasteiger charge is 2.33. The highest BCUT2D eigenvalue weighted by molar-refractivity contribution is 7.99. The predicted molar refractivity (Wildman–Crippen MR) is 74.3 cm³/mol. The van der Waals surface area contributed by atoms with Crippen LogP contribution in [0.15, 0.2) is 32.7 Å². The van der Waals surface area contributed by atoms with Crippen molar-refractivity contribution in [3.8, 4) is 0 Å². The van der Waals surface area contributed by atoms with Gasteiger partial charge in [0, 0.05) is 11.4 Å². The highest BCUT2D eigenvalue weighted by Crippen LogP contribution is 2.36. The molecule has 0 unspecified atom stereocenters. The van der Waals surface area contributed by atoms with Crippen LogP contribution in [0.25, 0.3) is 0 Å². The normalized spacial score (nSPS) is 11.9. The van der Waals surface area contributed by atoms with E-state index in [1.807, 2.05) is 0 Å². The molecule has 2 rings (SSSR count). The topological polar surface area (TPSA) is 38.1 Å². The Hall–Kier alpha value is -1.47. The molecule has 0 bridgehead atoms. The third kappa shape index (κ3) is 3.79. The number of hydrogen-bond acceptors (Lipinski definition) is 4. The van der Waals surface area contributed by atoms with Crippen LogP contribution in [0, 0.1) is 13.8 Å². The maximum Gasteiger partial charge on any atom is 0.416 e. The lowest BCUT2D eigenvalue weighted by atomic mass is 10.1. The quantitative estimate of drug-likeness (QED) is 0.918. The summed E-state index contributed by atoms with van der Waals surface area (Å²) in [6.45, 7) is 3.72. The zero-order valence-electron chi connectivity index (χ0n) is 11.8. The minimum absolute atomic E-state index is 0.164. The molecule has 21 heavy (non-hydrogen) atoms. The molecule has 114 valence electrons. The lowest BCUT2D eigenvalue weighted by Crippen LogP contribution is -2.14. The maximum absolute atomic E-state index is 13.1. The summed E-state index contributed by atoms with van der Waals surface area (Å²) in [6.07, 6.45) is -4.38. The van der Waals surface area contributed by atoms with Crippen LogP contribution in [-0.4, -0.2) is 12.0 Å². The molecule has 0 atom stereocenters. The molecule has 0 saturated carbocycles. The van der Waals surface area contributed by atoms with Crippen molar-refractivity contribution in [3.05, 3.63) is 40.8 Å². The second-order valence-electron chi connectivity index (χ2n) is 4.57. The first-order valence-electron chi connectivity index (χ1n) is 6.28. The van der Waals surface area contributed by atoms with Gasteiger partial charge in [0.15, 0.2) is 0 Å². The van der Waals surface area contributed by atoms with E-state index in [9.17, 15) is 13.2 Å². The van der Waals surface area contributed by atoms with Gasteiger partial charge in [-0.1, -0.05) is 6.07 Å². The van der Waals surface area contributed by atoms with Crippen LogP contribution < -0.4 is 5.32 Å². The lowest BCUT2D eigenvalue weighted by molar-refractivity contribution is -0.138. The standard InChI is InChI=1S/C14H15F3N2OS/c1-8-9(2)20-13(19-8)21-11-5-4-10(7-18-3)12(6-11)14(15,16)17/h4-6,18H,7H2,1-3H3. The van der Waals surface area contributed by atoms with Crippen LogP contribution in [0.4, 0.5) is 13.2 Å². The van der Waals surface area contributed by atoms with Gasteiger partial charge in [-0.25, -0.2) is 4.98 Å². The number of nitrogens with one attached hydrogen (secondary N) is 1. The maximum atomic E-state index is 13.1. The van der Waals surface area contributed by atoms with Gasteiger partial charge in [0.2, 0.25) is 0 Å². The zero-order valence-corrected chi connectivity index (χ0v) is 12.7. The molecule has 0 fully saturated rings. The summed E-state index contributed by atoms with van der Waals surface area (Å²) in [7, 11) is 1.61. The van der Waals surface area contributed by atoms with Gasteiger partial charge in [0.05, 0.1) is 11.3 Å². The Balaban J connectivity index is 2.33. The van der Waals surface area contributed by atoms with Crippen LogP contribution in [0.3, 0.4) is 0 Å². The van der Waals surface area contributed by atoms with Gasteiger partial charge < -0.3 is 9.73 Å².